The van der Waals surface area contributed by atoms with E-state index in [0.717, 1.165) is 6.08 Å². The summed E-state index contributed by atoms with van der Waals surface area (Å²) in [5, 5.41) is 37.4. The van der Waals surface area contributed by atoms with Crippen LogP contribution in [0.2, 0.25) is 0 Å². The number of aliphatic hydroxyl groups excluding tert-OH is 1. The second-order valence-corrected chi connectivity index (χ2v) is 3.33. The normalized spacial score (nSPS) is 23.2. The van der Waals surface area contributed by atoms with Crippen molar-refractivity contribution >= 4 is 6.08 Å². The van der Waals surface area contributed by atoms with Crippen molar-refractivity contribution in [2.75, 3.05) is 0 Å². The van der Waals surface area contributed by atoms with Crippen LogP contribution in [0, 0.1) is 0 Å². The number of aromatic hydroxyl groups is 1. The first-order chi connectivity index (χ1) is 6.50. The molecule has 4 nitrogen and oxygen atoms in total. The van der Waals surface area contributed by atoms with Crippen molar-refractivity contribution in [1.29, 1.82) is 0 Å². The zero-order valence-corrected chi connectivity index (χ0v) is 7.25. The molecule has 0 aromatic heterocycles. The Morgan fingerprint density at radius 1 is 1.21 bits per heavy atom. The predicted octanol–water partition coefficient (Wildman–Crippen LogP) is 0.133. The Balaban J connectivity index is 2.57. The first kappa shape index (κ1) is 9.21. The van der Waals surface area contributed by atoms with Crippen LogP contribution >= 0.6 is 0 Å². The molecule has 4 N–H and O–H groups in total. The number of hydrogen-bond acceptors (Lipinski definition) is 4. The van der Waals surface area contributed by atoms with Gasteiger partial charge >= 0.3 is 0 Å². The third-order valence-corrected chi connectivity index (χ3v) is 2.28. The molecule has 1 unspecified atom stereocenters. The van der Waals surface area contributed by atoms with Gasteiger partial charge in [-0.3, -0.25) is 0 Å². The van der Waals surface area contributed by atoms with E-state index in [1.807, 2.05) is 0 Å². The highest BCUT2D eigenvalue weighted by Gasteiger charge is 2.35. The lowest BCUT2D eigenvalue weighted by atomic mass is 9.90. The van der Waals surface area contributed by atoms with Gasteiger partial charge in [0, 0.05) is 0 Å². The first-order valence-electron chi connectivity index (χ1n) is 4.16. The van der Waals surface area contributed by atoms with Crippen LogP contribution in [-0.4, -0.2) is 26.2 Å². The van der Waals surface area contributed by atoms with Gasteiger partial charge in [-0.1, -0.05) is 12.1 Å². The maximum absolute atomic E-state index is 9.55. The molecule has 0 bridgehead atoms. The van der Waals surface area contributed by atoms with Crippen molar-refractivity contribution in [3.8, 4) is 5.75 Å². The minimum atomic E-state index is -2.26. The molecule has 0 spiro atoms. The van der Waals surface area contributed by atoms with Gasteiger partial charge in [-0.25, -0.2) is 0 Å². The Hall–Kier alpha value is -1.36. The summed E-state index contributed by atoms with van der Waals surface area (Å²) in [4.78, 5) is 0. The number of hydrogen-bond donors (Lipinski definition) is 4. The molecule has 0 saturated carbocycles. The summed E-state index contributed by atoms with van der Waals surface area (Å²) in [5.74, 6) is -2.28. The lowest BCUT2D eigenvalue weighted by Gasteiger charge is -2.29. The minimum Gasteiger partial charge on any atom is -0.508 e. The fraction of sp³-hybridized carbons (Fsp3) is 0.200. The van der Waals surface area contributed by atoms with E-state index in [1.165, 1.54) is 18.2 Å². The average molecular weight is 194 g/mol. The highest BCUT2D eigenvalue weighted by molar-refractivity contribution is 5.60. The minimum absolute atomic E-state index is 0.0195. The van der Waals surface area contributed by atoms with E-state index in [4.69, 9.17) is 0 Å². The van der Waals surface area contributed by atoms with Gasteiger partial charge in [-0.15, -0.1) is 0 Å². The Kier molecular flexibility index (Phi) is 1.85. The van der Waals surface area contributed by atoms with Crippen LogP contribution < -0.4 is 0 Å². The van der Waals surface area contributed by atoms with E-state index in [1.54, 1.807) is 6.07 Å². The Labute approximate surface area is 80.4 Å². The number of phenolic OH excluding ortho intramolecular Hbond substituents is 1. The number of benzene rings is 1. The first-order valence-corrected chi connectivity index (χ1v) is 4.16. The average Bonchev–Trinajstić information content (AvgIpc) is 2.13. The van der Waals surface area contributed by atoms with E-state index in [2.05, 4.69) is 0 Å². The van der Waals surface area contributed by atoms with E-state index in [0.29, 0.717) is 11.1 Å². The summed E-state index contributed by atoms with van der Waals surface area (Å²) < 4.78 is 0. The van der Waals surface area contributed by atoms with Crippen LogP contribution in [0.15, 0.2) is 24.3 Å². The Morgan fingerprint density at radius 3 is 2.64 bits per heavy atom. The van der Waals surface area contributed by atoms with Crippen LogP contribution in [0.1, 0.15) is 17.2 Å². The third kappa shape index (κ3) is 1.29. The van der Waals surface area contributed by atoms with Gasteiger partial charge in [0.1, 0.15) is 11.9 Å². The number of phenols is 1. The van der Waals surface area contributed by atoms with Gasteiger partial charge in [-0.05, 0) is 29.3 Å². The molecule has 1 aromatic carbocycles. The molecule has 1 aliphatic rings. The second-order valence-electron chi connectivity index (χ2n) is 3.33. The van der Waals surface area contributed by atoms with Crippen LogP contribution in [0.5, 0.6) is 5.75 Å². The number of fused-ring (bicyclic) bond motifs is 1. The van der Waals surface area contributed by atoms with Gasteiger partial charge in [0.25, 0.3) is 0 Å². The Bertz CT molecular complexity index is 395. The fourth-order valence-corrected chi connectivity index (χ4v) is 1.48. The van der Waals surface area contributed by atoms with Gasteiger partial charge in [-0.2, -0.15) is 0 Å². The molecule has 74 valence electrons. The lowest BCUT2D eigenvalue weighted by molar-refractivity contribution is -0.191. The van der Waals surface area contributed by atoms with Crippen molar-refractivity contribution in [2.45, 2.75) is 11.9 Å². The fourth-order valence-electron chi connectivity index (χ4n) is 1.48. The predicted molar refractivity (Wildman–Crippen MR) is 49.3 cm³/mol. The maximum Gasteiger partial charge on any atom is 0.214 e. The molecular weight excluding hydrogens is 184 g/mol. The SMILES string of the molecule is Oc1ccc2c(c1)C(O)C(O)(O)C=C2. The van der Waals surface area contributed by atoms with Gasteiger partial charge in [0.2, 0.25) is 5.79 Å². The van der Waals surface area contributed by atoms with Gasteiger partial charge in [0.15, 0.2) is 0 Å². The summed E-state index contributed by atoms with van der Waals surface area (Å²) in [7, 11) is 0. The molecule has 0 amide bonds. The van der Waals surface area contributed by atoms with E-state index in [-0.39, 0.29) is 5.75 Å². The number of aliphatic hydroxyl groups is 3. The summed E-state index contributed by atoms with van der Waals surface area (Å²) in [6, 6.07) is 4.38. The van der Waals surface area contributed by atoms with Gasteiger partial charge < -0.3 is 20.4 Å². The Morgan fingerprint density at radius 2 is 1.93 bits per heavy atom. The quantitative estimate of drug-likeness (QED) is 0.443. The van der Waals surface area contributed by atoms with Crippen molar-refractivity contribution in [3.63, 3.8) is 0 Å². The standard InChI is InChI=1S/C10H10O4/c11-7-2-1-6-3-4-10(13,14)9(12)8(6)5-7/h1-5,9,11-14H. The smallest absolute Gasteiger partial charge is 0.214 e. The molecular formula is C10H10O4. The van der Waals surface area contributed by atoms with Crippen molar-refractivity contribution in [1.82, 2.24) is 0 Å². The number of rotatable bonds is 0. The van der Waals surface area contributed by atoms with Crippen LogP contribution in [-0.2, 0) is 0 Å². The zero-order chi connectivity index (χ0) is 10.3. The molecule has 0 saturated heterocycles. The molecule has 0 radical (unpaired) electrons. The monoisotopic (exact) mass is 194 g/mol. The van der Waals surface area contributed by atoms with Crippen LogP contribution in [0.3, 0.4) is 0 Å². The maximum atomic E-state index is 9.55. The zero-order valence-electron chi connectivity index (χ0n) is 7.25. The molecule has 2 rings (SSSR count). The molecule has 4 heteroatoms. The highest BCUT2D eigenvalue weighted by Crippen LogP contribution is 2.35. The summed E-state index contributed by atoms with van der Waals surface area (Å²) in [5.41, 5.74) is 0.964. The summed E-state index contributed by atoms with van der Waals surface area (Å²) >= 11 is 0. The molecule has 1 aromatic rings. The van der Waals surface area contributed by atoms with Crippen LogP contribution in [0.25, 0.3) is 6.08 Å². The molecule has 1 aliphatic carbocycles. The molecule has 0 aliphatic heterocycles. The van der Waals surface area contributed by atoms with E-state index in [9.17, 15) is 20.4 Å². The molecule has 1 atom stereocenters. The van der Waals surface area contributed by atoms with E-state index >= 15 is 0 Å². The highest BCUT2D eigenvalue weighted by atomic mass is 16.5. The largest absolute Gasteiger partial charge is 0.508 e. The lowest BCUT2D eigenvalue weighted by Crippen LogP contribution is -2.35. The summed E-state index contributed by atoms with van der Waals surface area (Å²) in [6.07, 6.45) is 1.16. The molecule has 14 heavy (non-hydrogen) atoms. The van der Waals surface area contributed by atoms with E-state index < -0.39 is 11.9 Å². The van der Waals surface area contributed by atoms with Crippen molar-refractivity contribution < 1.29 is 20.4 Å². The molecule has 0 heterocycles. The van der Waals surface area contributed by atoms with Gasteiger partial charge in [0.05, 0.1) is 0 Å². The second kappa shape index (κ2) is 2.81. The molecule has 0 fully saturated rings. The van der Waals surface area contributed by atoms with Crippen LogP contribution in [0.4, 0.5) is 0 Å². The third-order valence-electron chi connectivity index (χ3n) is 2.28. The summed E-state index contributed by atoms with van der Waals surface area (Å²) in [6.45, 7) is 0. The topological polar surface area (TPSA) is 80.9 Å². The van der Waals surface area contributed by atoms with Crippen molar-refractivity contribution in [2.24, 2.45) is 0 Å². The van der Waals surface area contributed by atoms with Crippen molar-refractivity contribution in [3.05, 3.63) is 35.4 Å².